The molecular formula is C32H45N3O4. The molecule has 0 spiro atoms. The first kappa shape index (κ1) is 29.1. The minimum atomic E-state index is -0.714. The Hall–Kier alpha value is -2.90. The summed E-state index contributed by atoms with van der Waals surface area (Å²) in [7, 11) is 1.74. The summed E-state index contributed by atoms with van der Waals surface area (Å²) in [5.41, 5.74) is 2.68. The van der Waals surface area contributed by atoms with Crippen molar-refractivity contribution in [1.82, 2.24) is 15.1 Å². The first-order chi connectivity index (χ1) is 18.9. The molecule has 2 heterocycles. The second-order valence-corrected chi connectivity index (χ2v) is 11.0. The molecule has 7 heteroatoms. The second kappa shape index (κ2) is 13.0. The zero-order chi connectivity index (χ0) is 28.0. The highest BCUT2D eigenvalue weighted by atomic mass is 16.5. The predicted octanol–water partition coefficient (Wildman–Crippen LogP) is 6.38. The third-order valence-electron chi connectivity index (χ3n) is 8.61. The van der Waals surface area contributed by atoms with Gasteiger partial charge in [-0.1, -0.05) is 69.2 Å². The monoisotopic (exact) mass is 535 g/mol. The normalized spacial score (nSPS) is 20.4. The van der Waals surface area contributed by atoms with Crippen LogP contribution in [0.2, 0.25) is 0 Å². The van der Waals surface area contributed by atoms with E-state index in [1.54, 1.807) is 7.11 Å². The lowest BCUT2D eigenvalue weighted by atomic mass is 9.72. The van der Waals surface area contributed by atoms with Gasteiger partial charge >= 0.3 is 6.03 Å². The number of benzene rings is 2. The van der Waals surface area contributed by atoms with Crippen molar-refractivity contribution in [3.8, 4) is 5.75 Å². The number of rotatable bonds is 12. The average Bonchev–Trinajstić information content (AvgIpc) is 3.48. The van der Waals surface area contributed by atoms with E-state index in [9.17, 15) is 9.59 Å². The van der Waals surface area contributed by atoms with Gasteiger partial charge in [-0.05, 0) is 75.4 Å². The topological polar surface area (TPSA) is 71.1 Å². The maximum atomic E-state index is 13.5. The van der Waals surface area contributed by atoms with E-state index < -0.39 is 17.7 Å². The lowest BCUT2D eigenvalue weighted by Gasteiger charge is -2.53. The van der Waals surface area contributed by atoms with Crippen LogP contribution in [0.1, 0.15) is 88.1 Å². The highest BCUT2D eigenvalue weighted by Gasteiger charge is 2.63. The Morgan fingerprint density at radius 2 is 1.62 bits per heavy atom. The van der Waals surface area contributed by atoms with Gasteiger partial charge in [0.15, 0.2) is 6.23 Å². The fourth-order valence-corrected chi connectivity index (χ4v) is 6.05. The van der Waals surface area contributed by atoms with E-state index in [1.807, 2.05) is 45.0 Å². The molecule has 1 unspecified atom stereocenters. The van der Waals surface area contributed by atoms with E-state index in [-0.39, 0.29) is 18.0 Å². The number of nitrogens with zero attached hydrogens (tertiary/aromatic N) is 2. The number of β-lactam (4-membered cyclic amide) rings is 1. The molecule has 2 aliphatic rings. The first-order valence-electron chi connectivity index (χ1n) is 14.6. The van der Waals surface area contributed by atoms with Gasteiger partial charge in [-0.3, -0.25) is 9.69 Å². The molecule has 2 aliphatic heterocycles. The van der Waals surface area contributed by atoms with Crippen LogP contribution in [-0.4, -0.2) is 54.8 Å². The van der Waals surface area contributed by atoms with Crippen LogP contribution in [0.15, 0.2) is 48.5 Å². The molecule has 39 heavy (non-hydrogen) atoms. The van der Waals surface area contributed by atoms with Crippen molar-refractivity contribution in [3.05, 3.63) is 65.2 Å². The van der Waals surface area contributed by atoms with Gasteiger partial charge in [0.25, 0.3) is 0 Å². The summed E-state index contributed by atoms with van der Waals surface area (Å²) in [4.78, 5) is 30.7. The van der Waals surface area contributed by atoms with Crippen molar-refractivity contribution < 1.29 is 19.1 Å². The number of carbonyl (C=O) groups is 2. The number of nitrogens with one attached hydrogen (secondary N) is 1. The molecule has 2 aromatic carbocycles. The molecule has 0 aromatic heterocycles. The van der Waals surface area contributed by atoms with Gasteiger partial charge in [0.05, 0.1) is 18.7 Å². The second-order valence-electron chi connectivity index (χ2n) is 11.0. The smallest absolute Gasteiger partial charge is 0.327 e. The lowest BCUT2D eigenvalue weighted by Crippen LogP contribution is -2.73. The summed E-state index contributed by atoms with van der Waals surface area (Å²) < 4.78 is 12.0. The molecule has 2 aromatic rings. The molecule has 0 saturated carbocycles. The Labute approximate surface area is 233 Å². The fraction of sp³-hybridized carbons (Fsp3) is 0.562. The van der Waals surface area contributed by atoms with Crippen molar-refractivity contribution in [1.29, 1.82) is 0 Å². The van der Waals surface area contributed by atoms with E-state index in [1.165, 1.54) is 28.9 Å². The third kappa shape index (κ3) is 5.99. The molecule has 3 amide bonds. The highest BCUT2D eigenvalue weighted by Crippen LogP contribution is 2.46. The minimum absolute atomic E-state index is 0.167. The lowest BCUT2D eigenvalue weighted by molar-refractivity contribution is -0.191. The van der Waals surface area contributed by atoms with Gasteiger partial charge in [-0.15, -0.1) is 0 Å². The average molecular weight is 536 g/mol. The quantitative estimate of drug-likeness (QED) is 0.319. The number of urea groups is 1. The molecular weight excluding hydrogens is 490 g/mol. The van der Waals surface area contributed by atoms with Crippen LogP contribution < -0.4 is 10.1 Å². The Morgan fingerprint density at radius 1 is 1.00 bits per heavy atom. The predicted molar refractivity (Wildman–Crippen MR) is 154 cm³/mol. The molecule has 2 saturated heterocycles. The van der Waals surface area contributed by atoms with Crippen molar-refractivity contribution in [2.45, 2.75) is 84.5 Å². The molecule has 0 radical (unpaired) electrons. The molecule has 1 N–H and O–H groups in total. The Balaban J connectivity index is 1.52. The van der Waals surface area contributed by atoms with Gasteiger partial charge in [0.1, 0.15) is 11.2 Å². The summed E-state index contributed by atoms with van der Waals surface area (Å²) in [5.74, 6) is 0.488. The first-order valence-corrected chi connectivity index (χ1v) is 14.6. The number of imide groups is 1. The van der Waals surface area contributed by atoms with Crippen LogP contribution in [0.5, 0.6) is 5.75 Å². The Kier molecular flexibility index (Phi) is 9.67. The van der Waals surface area contributed by atoms with Crippen LogP contribution in [0.25, 0.3) is 0 Å². The number of hydrogen-bond donors (Lipinski definition) is 1. The number of methoxy groups -OCH3 is 1. The summed E-state index contributed by atoms with van der Waals surface area (Å²) in [6, 6.07) is 15.9. The molecule has 0 bridgehead atoms. The minimum Gasteiger partial charge on any atom is -0.469 e. The van der Waals surface area contributed by atoms with Gasteiger partial charge < -0.3 is 14.8 Å². The molecule has 2 fully saturated rings. The SMILES string of the molecule is CCC[C@@H](NC(=O)N1C(=O)C(CC)(CC)[C@@H]1Oc1ccc(C(COC)N2CCCC2)cc1)c1ccc(C)cc1. The van der Waals surface area contributed by atoms with Crippen molar-refractivity contribution >= 4 is 11.9 Å². The van der Waals surface area contributed by atoms with Crippen LogP contribution in [-0.2, 0) is 9.53 Å². The van der Waals surface area contributed by atoms with E-state index in [2.05, 4.69) is 41.4 Å². The number of likely N-dealkylation sites (tertiary alicyclic amines) is 2. The van der Waals surface area contributed by atoms with Crippen molar-refractivity contribution in [3.63, 3.8) is 0 Å². The summed E-state index contributed by atoms with van der Waals surface area (Å²) in [5, 5.41) is 3.12. The van der Waals surface area contributed by atoms with Gasteiger partial charge in [-0.25, -0.2) is 9.69 Å². The number of carbonyl (C=O) groups excluding carboxylic acids is 2. The summed E-state index contributed by atoms with van der Waals surface area (Å²) in [6.45, 7) is 10.9. The molecule has 0 aliphatic carbocycles. The van der Waals surface area contributed by atoms with E-state index >= 15 is 0 Å². The van der Waals surface area contributed by atoms with Crippen LogP contribution >= 0.6 is 0 Å². The standard InChI is InChI=1S/C32H45N3O4/c1-6-11-27(24-14-12-23(4)13-15-24)33-31(37)35-29(36)32(7-2,8-3)30(35)39-26-18-16-25(17-19-26)28(22-38-5)34-20-9-10-21-34/h12-19,27-28,30H,6-11,20-22H2,1-5H3,(H,33,37)/t27-,28?,30+/m1/s1. The number of hydrogen-bond acceptors (Lipinski definition) is 5. The summed E-state index contributed by atoms with van der Waals surface area (Å²) >= 11 is 0. The molecule has 7 nitrogen and oxygen atoms in total. The number of amides is 3. The van der Waals surface area contributed by atoms with Crippen molar-refractivity contribution in [2.24, 2.45) is 5.41 Å². The van der Waals surface area contributed by atoms with E-state index in [4.69, 9.17) is 9.47 Å². The Bertz CT molecular complexity index is 1090. The highest BCUT2D eigenvalue weighted by molar-refractivity contribution is 6.03. The zero-order valence-corrected chi connectivity index (χ0v) is 24.2. The van der Waals surface area contributed by atoms with Gasteiger partial charge in [-0.2, -0.15) is 0 Å². The van der Waals surface area contributed by atoms with Gasteiger partial charge in [0.2, 0.25) is 5.91 Å². The Morgan fingerprint density at radius 3 is 2.18 bits per heavy atom. The molecule has 4 rings (SSSR count). The fourth-order valence-electron chi connectivity index (χ4n) is 6.05. The maximum absolute atomic E-state index is 13.5. The summed E-state index contributed by atoms with van der Waals surface area (Å²) in [6.07, 6.45) is 4.69. The maximum Gasteiger partial charge on any atom is 0.327 e. The van der Waals surface area contributed by atoms with Crippen molar-refractivity contribution in [2.75, 3.05) is 26.8 Å². The zero-order valence-electron chi connectivity index (χ0n) is 24.2. The van der Waals surface area contributed by atoms with E-state index in [0.717, 1.165) is 31.5 Å². The van der Waals surface area contributed by atoms with Crippen LogP contribution in [0, 0.1) is 12.3 Å². The van der Waals surface area contributed by atoms with Crippen LogP contribution in [0.3, 0.4) is 0 Å². The number of ether oxygens (including phenoxy) is 2. The van der Waals surface area contributed by atoms with Crippen LogP contribution in [0.4, 0.5) is 4.79 Å². The molecule has 212 valence electrons. The third-order valence-corrected chi connectivity index (χ3v) is 8.61. The largest absolute Gasteiger partial charge is 0.469 e. The number of aryl methyl sites for hydroxylation is 1. The van der Waals surface area contributed by atoms with Gasteiger partial charge in [0, 0.05) is 7.11 Å². The molecule has 3 atom stereocenters. The van der Waals surface area contributed by atoms with E-state index in [0.29, 0.717) is 25.2 Å².